The largest absolute Gasteiger partial charge is 0.488 e. The van der Waals surface area contributed by atoms with Gasteiger partial charge in [-0.25, -0.2) is 4.39 Å². The molecule has 2 rings (SSSR count). The van der Waals surface area contributed by atoms with Crippen LogP contribution in [0.15, 0.2) is 24.3 Å². The van der Waals surface area contributed by atoms with E-state index in [1.807, 2.05) is 0 Å². The zero-order valence-electron chi connectivity index (χ0n) is 11.6. The third-order valence-electron chi connectivity index (χ3n) is 3.33. The summed E-state index contributed by atoms with van der Waals surface area (Å²) in [5.41, 5.74) is 0. The molecule has 3 nitrogen and oxygen atoms in total. The molecule has 0 aliphatic heterocycles. The lowest BCUT2D eigenvalue weighted by Gasteiger charge is -2.44. The first-order valence-electron chi connectivity index (χ1n) is 7.01. The van der Waals surface area contributed by atoms with E-state index in [0.29, 0.717) is 11.8 Å². The van der Waals surface area contributed by atoms with Crippen molar-refractivity contribution in [1.82, 2.24) is 5.32 Å². The molecule has 3 atom stereocenters. The molecule has 0 bridgehead atoms. The maximum atomic E-state index is 12.8. The van der Waals surface area contributed by atoms with Crippen LogP contribution < -0.4 is 10.1 Å². The molecule has 1 N–H and O–H groups in total. The molecular formula is C15H22FNO2. The second-order valence-electron chi connectivity index (χ2n) is 4.85. The van der Waals surface area contributed by atoms with Crippen LogP contribution in [0.2, 0.25) is 0 Å². The Morgan fingerprint density at radius 3 is 2.63 bits per heavy atom. The van der Waals surface area contributed by atoms with Crippen molar-refractivity contribution < 1.29 is 13.9 Å². The van der Waals surface area contributed by atoms with Crippen LogP contribution in [-0.2, 0) is 4.74 Å². The van der Waals surface area contributed by atoms with Gasteiger partial charge in [0.2, 0.25) is 0 Å². The molecule has 19 heavy (non-hydrogen) atoms. The van der Waals surface area contributed by atoms with Crippen LogP contribution in [0.5, 0.6) is 5.75 Å². The predicted molar refractivity (Wildman–Crippen MR) is 72.9 cm³/mol. The van der Waals surface area contributed by atoms with Gasteiger partial charge in [0.25, 0.3) is 0 Å². The van der Waals surface area contributed by atoms with Crippen molar-refractivity contribution in [2.24, 2.45) is 0 Å². The number of hydrogen-bond donors (Lipinski definition) is 1. The molecule has 1 aromatic rings. The lowest BCUT2D eigenvalue weighted by Crippen LogP contribution is -2.61. The normalized spacial score (nSPS) is 25.9. The highest BCUT2D eigenvalue weighted by molar-refractivity contribution is 5.23. The van der Waals surface area contributed by atoms with Crippen LogP contribution in [0.4, 0.5) is 4.39 Å². The van der Waals surface area contributed by atoms with Gasteiger partial charge in [0.05, 0.1) is 0 Å². The van der Waals surface area contributed by atoms with Crippen molar-refractivity contribution in [2.75, 3.05) is 13.2 Å². The highest BCUT2D eigenvalue weighted by atomic mass is 19.1. The third kappa shape index (κ3) is 3.67. The monoisotopic (exact) mass is 267 g/mol. The molecule has 1 saturated carbocycles. The Morgan fingerprint density at radius 2 is 2.00 bits per heavy atom. The highest BCUT2D eigenvalue weighted by Crippen LogP contribution is 2.29. The highest BCUT2D eigenvalue weighted by Gasteiger charge is 2.43. The molecule has 1 aliphatic rings. The number of halogens is 1. The van der Waals surface area contributed by atoms with Gasteiger partial charge in [-0.3, -0.25) is 0 Å². The molecule has 0 heterocycles. The molecule has 0 radical (unpaired) electrons. The van der Waals surface area contributed by atoms with E-state index in [1.54, 1.807) is 12.1 Å². The Bertz CT molecular complexity index is 382. The summed E-state index contributed by atoms with van der Waals surface area (Å²) in [5, 5.41) is 3.40. The number of benzene rings is 1. The van der Waals surface area contributed by atoms with Crippen molar-refractivity contribution in [3.05, 3.63) is 30.1 Å². The molecule has 1 aromatic carbocycles. The summed E-state index contributed by atoms with van der Waals surface area (Å²) in [4.78, 5) is 0. The SMILES string of the molecule is CCCOC1C(NCC)CC1Oc1ccc(F)cc1. The third-order valence-corrected chi connectivity index (χ3v) is 3.33. The molecule has 1 aliphatic carbocycles. The Hall–Kier alpha value is -1.13. The van der Waals surface area contributed by atoms with Crippen LogP contribution in [-0.4, -0.2) is 31.4 Å². The van der Waals surface area contributed by atoms with Gasteiger partial charge < -0.3 is 14.8 Å². The molecule has 3 unspecified atom stereocenters. The predicted octanol–water partition coefficient (Wildman–Crippen LogP) is 2.75. The Balaban J connectivity index is 1.90. The first-order chi connectivity index (χ1) is 9.24. The quantitative estimate of drug-likeness (QED) is 0.824. The number of hydrogen-bond acceptors (Lipinski definition) is 3. The van der Waals surface area contributed by atoms with Gasteiger partial charge in [-0.1, -0.05) is 13.8 Å². The number of rotatable bonds is 7. The molecule has 0 spiro atoms. The van der Waals surface area contributed by atoms with Crippen molar-refractivity contribution in [3.8, 4) is 5.75 Å². The fourth-order valence-corrected chi connectivity index (χ4v) is 2.32. The summed E-state index contributed by atoms with van der Waals surface area (Å²) in [5.74, 6) is 0.455. The summed E-state index contributed by atoms with van der Waals surface area (Å²) < 4.78 is 24.5. The van der Waals surface area contributed by atoms with E-state index in [0.717, 1.165) is 26.0 Å². The van der Waals surface area contributed by atoms with Crippen LogP contribution in [0, 0.1) is 5.82 Å². The van der Waals surface area contributed by atoms with Gasteiger partial charge in [-0.15, -0.1) is 0 Å². The minimum absolute atomic E-state index is 0.0565. The average Bonchev–Trinajstić information content (AvgIpc) is 2.40. The molecule has 0 amide bonds. The number of nitrogens with one attached hydrogen (secondary N) is 1. The van der Waals surface area contributed by atoms with Gasteiger partial charge >= 0.3 is 0 Å². The first kappa shape index (κ1) is 14.3. The molecule has 4 heteroatoms. The molecule has 106 valence electrons. The Labute approximate surface area is 114 Å². The topological polar surface area (TPSA) is 30.5 Å². The fourth-order valence-electron chi connectivity index (χ4n) is 2.32. The van der Waals surface area contributed by atoms with Crippen LogP contribution in [0.25, 0.3) is 0 Å². The maximum Gasteiger partial charge on any atom is 0.128 e. The summed E-state index contributed by atoms with van der Waals surface area (Å²) in [6.45, 7) is 5.86. The molecule has 1 fully saturated rings. The van der Waals surface area contributed by atoms with Gasteiger partial charge in [-0.2, -0.15) is 0 Å². The van der Waals surface area contributed by atoms with E-state index in [-0.39, 0.29) is 18.0 Å². The standard InChI is InChI=1S/C15H22FNO2/c1-3-9-18-15-13(17-4-2)10-14(15)19-12-7-5-11(16)6-8-12/h5-8,13-15,17H,3-4,9-10H2,1-2H3. The van der Waals surface area contributed by atoms with E-state index in [4.69, 9.17) is 9.47 Å². The van der Waals surface area contributed by atoms with E-state index in [2.05, 4.69) is 19.2 Å². The van der Waals surface area contributed by atoms with Crippen molar-refractivity contribution in [2.45, 2.75) is 44.9 Å². The lowest BCUT2D eigenvalue weighted by molar-refractivity contribution is -0.107. The average molecular weight is 267 g/mol. The summed E-state index contributed by atoms with van der Waals surface area (Å²) in [6, 6.07) is 6.51. The maximum absolute atomic E-state index is 12.8. The minimum Gasteiger partial charge on any atom is -0.488 e. The Kier molecular flexibility index (Phi) is 5.16. The van der Waals surface area contributed by atoms with E-state index in [9.17, 15) is 4.39 Å². The zero-order valence-corrected chi connectivity index (χ0v) is 11.6. The van der Waals surface area contributed by atoms with E-state index < -0.39 is 0 Å². The zero-order chi connectivity index (χ0) is 13.7. The van der Waals surface area contributed by atoms with Crippen molar-refractivity contribution >= 4 is 0 Å². The summed E-state index contributed by atoms with van der Waals surface area (Å²) >= 11 is 0. The van der Waals surface area contributed by atoms with E-state index >= 15 is 0 Å². The smallest absolute Gasteiger partial charge is 0.128 e. The van der Waals surface area contributed by atoms with Crippen LogP contribution in [0.3, 0.4) is 0 Å². The van der Waals surface area contributed by atoms with Gasteiger partial charge in [-0.05, 0) is 37.2 Å². The fraction of sp³-hybridized carbons (Fsp3) is 0.600. The van der Waals surface area contributed by atoms with Gasteiger partial charge in [0.1, 0.15) is 23.8 Å². The number of likely N-dealkylation sites (N-methyl/N-ethyl adjacent to an activating group) is 1. The van der Waals surface area contributed by atoms with Crippen LogP contribution in [0.1, 0.15) is 26.7 Å². The molecular weight excluding hydrogens is 245 g/mol. The minimum atomic E-state index is -0.245. The molecule has 0 aromatic heterocycles. The van der Waals surface area contributed by atoms with Gasteiger partial charge in [0.15, 0.2) is 0 Å². The Morgan fingerprint density at radius 1 is 1.26 bits per heavy atom. The van der Waals surface area contributed by atoms with Crippen LogP contribution >= 0.6 is 0 Å². The first-order valence-corrected chi connectivity index (χ1v) is 7.01. The second kappa shape index (κ2) is 6.87. The molecule has 0 saturated heterocycles. The lowest BCUT2D eigenvalue weighted by atomic mass is 9.85. The van der Waals surface area contributed by atoms with E-state index in [1.165, 1.54) is 12.1 Å². The van der Waals surface area contributed by atoms with Crippen molar-refractivity contribution in [1.29, 1.82) is 0 Å². The van der Waals surface area contributed by atoms with Crippen molar-refractivity contribution in [3.63, 3.8) is 0 Å². The second-order valence-corrected chi connectivity index (χ2v) is 4.85. The number of ether oxygens (including phenoxy) is 2. The summed E-state index contributed by atoms with van der Waals surface area (Å²) in [6.07, 6.45) is 2.07. The summed E-state index contributed by atoms with van der Waals surface area (Å²) in [7, 11) is 0. The van der Waals surface area contributed by atoms with Gasteiger partial charge in [0, 0.05) is 19.1 Å².